The molecule has 4 aliphatic rings. The molecule has 4 bridgehead atoms. The normalized spacial score (nSPS) is 24.2. The Morgan fingerprint density at radius 3 is 1.88 bits per heavy atom. The van der Waals surface area contributed by atoms with Crippen LogP contribution in [0.2, 0.25) is 0 Å². The van der Waals surface area contributed by atoms with Crippen LogP contribution in [0, 0.1) is 18.2 Å². The van der Waals surface area contributed by atoms with E-state index in [-0.39, 0.29) is 10.8 Å². The molecule has 4 aliphatic heterocycles. The molecule has 0 fully saturated rings. The van der Waals surface area contributed by atoms with Crippen LogP contribution in [0.1, 0.15) is 75.2 Å². The van der Waals surface area contributed by atoms with Gasteiger partial charge in [0.1, 0.15) is 0 Å². The molecule has 6 nitrogen and oxygen atoms in total. The van der Waals surface area contributed by atoms with E-state index in [1.807, 2.05) is 12.1 Å². The summed E-state index contributed by atoms with van der Waals surface area (Å²) < 4.78 is 5.11. The fourth-order valence-electron chi connectivity index (χ4n) is 9.02. The Morgan fingerprint density at radius 2 is 1.25 bits per heavy atom. The molecule has 6 aromatic rings. The fraction of sp³-hybridized carbons (Fsp3) is 0.267. The number of nitrogens with zero attached hydrogens (tertiary/aromatic N) is 6. The number of benzene rings is 4. The predicted molar refractivity (Wildman–Crippen MR) is 206 cm³/mol. The van der Waals surface area contributed by atoms with Crippen LogP contribution in [0.25, 0.3) is 27.3 Å². The van der Waals surface area contributed by atoms with E-state index in [1.165, 1.54) is 36.1 Å². The number of pyridine rings is 1. The summed E-state index contributed by atoms with van der Waals surface area (Å²) >= 11 is -0.965. The second-order valence-electron chi connectivity index (χ2n) is 15.9. The van der Waals surface area contributed by atoms with Crippen molar-refractivity contribution in [2.45, 2.75) is 63.5 Å². The summed E-state index contributed by atoms with van der Waals surface area (Å²) in [5.74, 6) is 0. The first kappa shape index (κ1) is 31.9. The van der Waals surface area contributed by atoms with Crippen LogP contribution in [0.4, 0.5) is 0 Å². The van der Waals surface area contributed by atoms with Gasteiger partial charge < -0.3 is 0 Å². The Labute approximate surface area is 313 Å². The van der Waals surface area contributed by atoms with E-state index in [9.17, 15) is 0 Å². The van der Waals surface area contributed by atoms with Gasteiger partial charge in [-0.1, -0.05) is 0 Å². The minimum atomic E-state index is -0.965. The van der Waals surface area contributed by atoms with Gasteiger partial charge in [-0.3, -0.25) is 0 Å². The number of hydrogen-bond acceptors (Lipinski definition) is 5. The Kier molecular flexibility index (Phi) is 6.37. The van der Waals surface area contributed by atoms with Crippen LogP contribution < -0.4 is 0 Å². The second-order valence-corrected chi connectivity index (χ2v) is 18.7. The molecule has 10 rings (SSSR count). The van der Waals surface area contributed by atoms with Crippen LogP contribution in [0.5, 0.6) is 0 Å². The fourth-order valence-corrected chi connectivity index (χ4v) is 12.7. The third-order valence-corrected chi connectivity index (χ3v) is 16.7. The van der Waals surface area contributed by atoms with Crippen molar-refractivity contribution < 1.29 is 16.8 Å². The molecular formula is C45H41IrN6-3. The summed E-state index contributed by atoms with van der Waals surface area (Å²) in [6.07, 6.45) is 8.97. The van der Waals surface area contributed by atoms with Gasteiger partial charge in [0, 0.05) is 0 Å². The van der Waals surface area contributed by atoms with Crippen molar-refractivity contribution in [1.29, 1.82) is 0 Å². The SMILES string of the molecule is CN1C=CN2[C]1=[Ir]=[C]1N(C)C=CN1[C@@](C)(c1[c-]cccc1)c1nc3c4[c-]c(ccc4c4cccc5c4n3c1C(C)(C)C5(C)C)C2(C)c1[c-]cccc1. The summed E-state index contributed by atoms with van der Waals surface area (Å²) in [6, 6.07) is 39.9. The topological polar surface area (TPSA) is 30.3 Å². The first-order chi connectivity index (χ1) is 24.9. The van der Waals surface area contributed by atoms with Crippen molar-refractivity contribution in [3.05, 3.63) is 156 Å². The summed E-state index contributed by atoms with van der Waals surface area (Å²) in [5, 5.41) is 3.45. The molecule has 0 amide bonds. The number of hydrogen-bond donors (Lipinski definition) is 0. The molecule has 0 N–H and O–H groups in total. The number of imidazole rings is 1. The van der Waals surface area contributed by atoms with Crippen LogP contribution in [0.15, 0.2) is 104 Å². The molecular weight excluding hydrogens is 817 g/mol. The molecule has 0 aliphatic carbocycles. The van der Waals surface area contributed by atoms with Gasteiger partial charge in [-0.15, -0.1) is 0 Å². The molecule has 0 saturated heterocycles. The molecule has 0 saturated carbocycles. The Bertz CT molecular complexity index is 2640. The Balaban J connectivity index is 1.48. The number of aromatic nitrogens is 2. The standard InChI is InChI=1S/C45H41N6.Ir/c1-42(2)37-21-15-20-35-34-23-22-33(44(5,31-16-11-9-12-17-31)49-26-24-47(7)29-49)28-36(34)41-46-39(40(43(42,3)4)51(41)38(35)37)45(6,32-18-13-10-14-19-32)50-27-25-48(8)30-50;/h9-16,18,20-27H,1-8H3;/q-3;/t44?,45-;/m0./s1. The van der Waals surface area contributed by atoms with Crippen molar-refractivity contribution in [1.82, 2.24) is 29.0 Å². The van der Waals surface area contributed by atoms with Crippen LogP contribution >= 0.6 is 0 Å². The van der Waals surface area contributed by atoms with Gasteiger partial charge in [-0.25, -0.2) is 0 Å². The first-order valence-electron chi connectivity index (χ1n) is 17.9. The van der Waals surface area contributed by atoms with E-state index in [4.69, 9.17) is 4.98 Å². The van der Waals surface area contributed by atoms with Crippen molar-refractivity contribution in [2.24, 2.45) is 0 Å². The zero-order chi connectivity index (χ0) is 35.9. The number of para-hydroxylation sites is 1. The molecule has 2 atom stereocenters. The maximum absolute atomic E-state index is 5.91. The molecule has 0 spiro atoms. The molecule has 0 radical (unpaired) electrons. The summed E-state index contributed by atoms with van der Waals surface area (Å²) in [5.41, 5.74) is 7.40. The van der Waals surface area contributed by atoms with Gasteiger partial charge in [-0.2, -0.15) is 0 Å². The maximum atomic E-state index is 5.91. The van der Waals surface area contributed by atoms with Crippen molar-refractivity contribution in [3.63, 3.8) is 0 Å². The third-order valence-electron chi connectivity index (χ3n) is 12.8. The second kappa shape index (κ2) is 10.4. The molecule has 52 heavy (non-hydrogen) atoms. The molecule has 263 valence electrons. The number of rotatable bonds is 2. The van der Waals surface area contributed by atoms with Gasteiger partial charge >= 0.3 is 315 Å². The molecule has 4 aromatic carbocycles. The average molecular weight is 858 g/mol. The molecule has 6 heterocycles. The van der Waals surface area contributed by atoms with E-state index < -0.39 is 27.9 Å². The van der Waals surface area contributed by atoms with E-state index in [0.717, 1.165) is 33.4 Å². The van der Waals surface area contributed by atoms with Gasteiger partial charge in [0.05, 0.1) is 0 Å². The summed E-state index contributed by atoms with van der Waals surface area (Å²) in [7, 11) is 4.38. The third kappa shape index (κ3) is 3.75. The van der Waals surface area contributed by atoms with E-state index in [1.54, 1.807) is 0 Å². The zero-order valence-corrected chi connectivity index (χ0v) is 33.2. The van der Waals surface area contributed by atoms with Gasteiger partial charge in [0.15, 0.2) is 0 Å². The van der Waals surface area contributed by atoms with Crippen LogP contribution in [0.3, 0.4) is 0 Å². The molecule has 7 heteroatoms. The van der Waals surface area contributed by atoms with Crippen LogP contribution in [-0.4, -0.2) is 51.6 Å². The summed E-state index contributed by atoms with van der Waals surface area (Å²) in [6.45, 7) is 14.4. The van der Waals surface area contributed by atoms with Gasteiger partial charge in [0.2, 0.25) is 0 Å². The number of fused-ring (bicyclic) bond motifs is 6. The van der Waals surface area contributed by atoms with Crippen molar-refractivity contribution in [2.75, 3.05) is 14.1 Å². The van der Waals surface area contributed by atoms with Gasteiger partial charge in [0.25, 0.3) is 0 Å². The molecule has 1 unspecified atom stereocenters. The molecule has 2 aromatic heterocycles. The summed E-state index contributed by atoms with van der Waals surface area (Å²) in [4.78, 5) is 15.6. The average Bonchev–Trinajstić information content (AvgIpc) is 3.86. The minimum absolute atomic E-state index is 0.192. The monoisotopic (exact) mass is 858 g/mol. The Hall–Kier alpha value is -4.84. The van der Waals surface area contributed by atoms with Crippen LogP contribution in [-0.2, 0) is 38.7 Å². The Morgan fingerprint density at radius 1 is 0.615 bits per heavy atom. The van der Waals surface area contributed by atoms with Crippen molar-refractivity contribution in [3.8, 4) is 0 Å². The predicted octanol–water partition coefficient (Wildman–Crippen LogP) is 7.85. The van der Waals surface area contributed by atoms with Gasteiger partial charge in [-0.05, 0) is 0 Å². The van der Waals surface area contributed by atoms with E-state index in [0.29, 0.717) is 0 Å². The quantitative estimate of drug-likeness (QED) is 0.131. The zero-order valence-electron chi connectivity index (χ0n) is 30.8. The first-order valence-corrected chi connectivity index (χ1v) is 20.3. The van der Waals surface area contributed by atoms with E-state index >= 15 is 0 Å². The van der Waals surface area contributed by atoms with E-state index in [2.05, 4.69) is 189 Å². The van der Waals surface area contributed by atoms with Crippen molar-refractivity contribution >= 4 is 35.9 Å².